The van der Waals surface area contributed by atoms with Crippen molar-refractivity contribution < 1.29 is 0 Å². The minimum atomic E-state index is 0.453. The van der Waals surface area contributed by atoms with E-state index in [1.165, 1.54) is 5.56 Å². The van der Waals surface area contributed by atoms with Gasteiger partial charge in [0.25, 0.3) is 0 Å². The van der Waals surface area contributed by atoms with Crippen molar-refractivity contribution in [3.63, 3.8) is 0 Å². The van der Waals surface area contributed by atoms with Crippen LogP contribution in [0.1, 0.15) is 18.1 Å². The zero-order valence-corrected chi connectivity index (χ0v) is 9.91. The molecular weight excluding hydrogens is 220 g/mol. The van der Waals surface area contributed by atoms with Gasteiger partial charge in [0.2, 0.25) is 0 Å². The largest absolute Gasteiger partial charge is 0.236 e. The van der Waals surface area contributed by atoms with Gasteiger partial charge in [0.1, 0.15) is 0 Å². The molecule has 1 heterocycles. The maximum absolute atomic E-state index is 5.68. The third kappa shape index (κ3) is 2.39. The molecular formula is C13H13ClN2. The lowest BCUT2D eigenvalue weighted by Crippen LogP contribution is -1.91. The Morgan fingerprint density at radius 1 is 1.00 bits per heavy atom. The van der Waals surface area contributed by atoms with E-state index in [0.717, 1.165) is 23.4 Å². The SMILES string of the molecule is CCc1ccc(-c2ncc(CCl)cn2)cc1. The van der Waals surface area contributed by atoms with Gasteiger partial charge in [0, 0.05) is 23.5 Å². The molecule has 1 aromatic heterocycles. The van der Waals surface area contributed by atoms with Crippen LogP contribution in [-0.2, 0) is 12.3 Å². The van der Waals surface area contributed by atoms with Gasteiger partial charge in [-0.2, -0.15) is 0 Å². The molecule has 3 heteroatoms. The molecule has 2 aromatic rings. The van der Waals surface area contributed by atoms with Crippen LogP contribution in [0.2, 0.25) is 0 Å². The standard InChI is InChI=1S/C13H13ClN2/c1-2-10-3-5-12(6-4-10)13-15-8-11(7-14)9-16-13/h3-6,8-9H,2,7H2,1H3. The monoisotopic (exact) mass is 232 g/mol. The van der Waals surface area contributed by atoms with E-state index >= 15 is 0 Å². The van der Waals surface area contributed by atoms with Crippen LogP contribution in [-0.4, -0.2) is 9.97 Å². The third-order valence-corrected chi connectivity index (χ3v) is 2.79. The van der Waals surface area contributed by atoms with Crippen LogP contribution in [0.3, 0.4) is 0 Å². The fraction of sp³-hybridized carbons (Fsp3) is 0.231. The lowest BCUT2D eigenvalue weighted by atomic mass is 10.1. The first kappa shape index (κ1) is 11.1. The summed E-state index contributed by atoms with van der Waals surface area (Å²) in [5.74, 6) is 1.20. The molecule has 0 saturated carbocycles. The van der Waals surface area contributed by atoms with Crippen LogP contribution in [0.15, 0.2) is 36.7 Å². The molecule has 0 unspecified atom stereocenters. The van der Waals surface area contributed by atoms with Crippen molar-refractivity contribution in [2.24, 2.45) is 0 Å². The van der Waals surface area contributed by atoms with Gasteiger partial charge < -0.3 is 0 Å². The Kier molecular flexibility index (Phi) is 3.52. The predicted molar refractivity (Wildman–Crippen MR) is 66.4 cm³/mol. The number of hydrogen-bond acceptors (Lipinski definition) is 2. The van der Waals surface area contributed by atoms with E-state index in [2.05, 4.69) is 41.2 Å². The van der Waals surface area contributed by atoms with Gasteiger partial charge in [-0.1, -0.05) is 31.2 Å². The summed E-state index contributed by atoms with van der Waals surface area (Å²) in [7, 11) is 0. The molecule has 82 valence electrons. The Morgan fingerprint density at radius 3 is 2.12 bits per heavy atom. The van der Waals surface area contributed by atoms with E-state index in [4.69, 9.17) is 11.6 Å². The van der Waals surface area contributed by atoms with Crippen molar-refractivity contribution in [2.75, 3.05) is 0 Å². The molecule has 0 radical (unpaired) electrons. The summed E-state index contributed by atoms with van der Waals surface area (Å²) in [6.45, 7) is 2.14. The highest BCUT2D eigenvalue weighted by Crippen LogP contribution is 2.15. The van der Waals surface area contributed by atoms with Crippen LogP contribution in [0, 0.1) is 0 Å². The normalized spacial score (nSPS) is 10.4. The average Bonchev–Trinajstić information content (AvgIpc) is 2.39. The second-order valence-electron chi connectivity index (χ2n) is 3.60. The first-order valence-corrected chi connectivity index (χ1v) is 5.83. The molecule has 1 aromatic carbocycles. The molecule has 0 bridgehead atoms. The van der Waals surface area contributed by atoms with Gasteiger partial charge in [-0.05, 0) is 12.0 Å². The van der Waals surface area contributed by atoms with Crippen molar-refractivity contribution in [1.82, 2.24) is 9.97 Å². The first-order chi connectivity index (χ1) is 7.83. The minimum Gasteiger partial charge on any atom is -0.236 e. The number of hydrogen-bond donors (Lipinski definition) is 0. The number of rotatable bonds is 3. The quantitative estimate of drug-likeness (QED) is 0.758. The zero-order chi connectivity index (χ0) is 11.4. The minimum absolute atomic E-state index is 0.453. The number of nitrogens with zero attached hydrogens (tertiary/aromatic N) is 2. The van der Waals surface area contributed by atoms with Crippen LogP contribution in [0.5, 0.6) is 0 Å². The molecule has 2 rings (SSSR count). The Bertz CT molecular complexity index is 403. The van der Waals surface area contributed by atoms with Crippen LogP contribution in [0.4, 0.5) is 0 Å². The number of benzene rings is 1. The molecule has 0 aliphatic rings. The summed E-state index contributed by atoms with van der Waals surface area (Å²) in [6, 6.07) is 8.31. The summed E-state index contributed by atoms with van der Waals surface area (Å²) in [6.07, 6.45) is 4.58. The van der Waals surface area contributed by atoms with Crippen molar-refractivity contribution >= 4 is 11.6 Å². The van der Waals surface area contributed by atoms with Gasteiger partial charge in [0.05, 0.1) is 5.88 Å². The van der Waals surface area contributed by atoms with E-state index in [1.807, 2.05) is 0 Å². The molecule has 2 nitrogen and oxygen atoms in total. The maximum atomic E-state index is 5.68. The van der Waals surface area contributed by atoms with Crippen molar-refractivity contribution in [3.8, 4) is 11.4 Å². The van der Waals surface area contributed by atoms with Gasteiger partial charge in [0.15, 0.2) is 5.82 Å². The van der Waals surface area contributed by atoms with E-state index < -0.39 is 0 Å². The fourth-order valence-corrected chi connectivity index (χ4v) is 1.60. The van der Waals surface area contributed by atoms with E-state index in [9.17, 15) is 0 Å². The molecule has 0 saturated heterocycles. The average molecular weight is 233 g/mol. The first-order valence-electron chi connectivity index (χ1n) is 5.29. The molecule has 0 amide bonds. The molecule has 16 heavy (non-hydrogen) atoms. The van der Waals surface area contributed by atoms with Crippen LogP contribution >= 0.6 is 11.6 Å². The summed E-state index contributed by atoms with van der Waals surface area (Å²) in [5, 5.41) is 0. The number of halogens is 1. The van der Waals surface area contributed by atoms with Crippen molar-refractivity contribution in [2.45, 2.75) is 19.2 Å². The molecule has 0 aliphatic heterocycles. The second kappa shape index (κ2) is 5.08. The van der Waals surface area contributed by atoms with Gasteiger partial charge in [-0.15, -0.1) is 11.6 Å². The number of alkyl halides is 1. The lowest BCUT2D eigenvalue weighted by molar-refractivity contribution is 1.11. The van der Waals surface area contributed by atoms with Gasteiger partial charge in [-0.25, -0.2) is 9.97 Å². The lowest BCUT2D eigenvalue weighted by Gasteiger charge is -2.02. The Labute approximate surface area is 100 Å². The highest BCUT2D eigenvalue weighted by molar-refractivity contribution is 6.17. The summed E-state index contributed by atoms with van der Waals surface area (Å²) in [5.41, 5.74) is 3.30. The maximum Gasteiger partial charge on any atom is 0.159 e. The predicted octanol–water partition coefficient (Wildman–Crippen LogP) is 3.44. The summed E-state index contributed by atoms with van der Waals surface area (Å²) >= 11 is 5.68. The molecule has 0 atom stereocenters. The smallest absolute Gasteiger partial charge is 0.159 e. The Balaban J connectivity index is 2.28. The number of aromatic nitrogens is 2. The zero-order valence-electron chi connectivity index (χ0n) is 9.15. The fourth-order valence-electron chi connectivity index (χ4n) is 1.46. The number of aryl methyl sites for hydroxylation is 1. The second-order valence-corrected chi connectivity index (χ2v) is 3.87. The van der Waals surface area contributed by atoms with E-state index in [0.29, 0.717) is 5.88 Å². The van der Waals surface area contributed by atoms with Gasteiger partial charge >= 0.3 is 0 Å². The van der Waals surface area contributed by atoms with Crippen LogP contribution < -0.4 is 0 Å². The Hall–Kier alpha value is -1.41. The van der Waals surface area contributed by atoms with Crippen molar-refractivity contribution in [1.29, 1.82) is 0 Å². The Morgan fingerprint density at radius 2 is 1.62 bits per heavy atom. The van der Waals surface area contributed by atoms with E-state index in [-0.39, 0.29) is 0 Å². The van der Waals surface area contributed by atoms with Crippen LogP contribution in [0.25, 0.3) is 11.4 Å². The summed E-state index contributed by atoms with van der Waals surface area (Å²) in [4.78, 5) is 8.56. The third-order valence-electron chi connectivity index (χ3n) is 2.48. The van der Waals surface area contributed by atoms with Crippen molar-refractivity contribution in [3.05, 3.63) is 47.8 Å². The topological polar surface area (TPSA) is 25.8 Å². The molecule has 0 spiro atoms. The highest BCUT2D eigenvalue weighted by Gasteiger charge is 2.00. The molecule has 0 aliphatic carbocycles. The highest BCUT2D eigenvalue weighted by atomic mass is 35.5. The summed E-state index contributed by atoms with van der Waals surface area (Å²) < 4.78 is 0. The van der Waals surface area contributed by atoms with Gasteiger partial charge in [-0.3, -0.25) is 0 Å². The molecule has 0 N–H and O–H groups in total. The molecule has 0 fully saturated rings. The van der Waals surface area contributed by atoms with E-state index in [1.54, 1.807) is 12.4 Å².